The van der Waals surface area contributed by atoms with Gasteiger partial charge < -0.3 is 4.42 Å². The Morgan fingerprint density at radius 2 is 2.19 bits per heavy atom. The number of hydrogen-bond acceptors (Lipinski definition) is 6. The van der Waals surface area contributed by atoms with Crippen molar-refractivity contribution in [3.05, 3.63) is 50.8 Å². The van der Waals surface area contributed by atoms with E-state index in [4.69, 9.17) is 4.42 Å². The van der Waals surface area contributed by atoms with Crippen molar-refractivity contribution in [1.82, 2.24) is 19.5 Å². The Morgan fingerprint density at radius 3 is 3.00 bits per heavy atom. The number of fused-ring (bicyclic) bond motifs is 1. The van der Waals surface area contributed by atoms with Crippen LogP contribution in [0.1, 0.15) is 60.9 Å². The van der Waals surface area contributed by atoms with Crippen molar-refractivity contribution in [2.75, 3.05) is 6.54 Å². The van der Waals surface area contributed by atoms with Gasteiger partial charge in [0.05, 0.1) is 11.7 Å². The predicted octanol–water partition coefficient (Wildman–Crippen LogP) is 3.73. The van der Waals surface area contributed by atoms with Crippen LogP contribution in [-0.4, -0.2) is 26.0 Å². The highest BCUT2D eigenvalue weighted by molar-refractivity contribution is 7.16. The minimum atomic E-state index is -0.105. The fourth-order valence-corrected chi connectivity index (χ4v) is 4.45. The Labute approximate surface area is 156 Å². The number of hydrogen-bond donors (Lipinski definition) is 0. The maximum absolute atomic E-state index is 12.3. The van der Waals surface area contributed by atoms with Crippen molar-refractivity contribution < 1.29 is 4.42 Å². The Hall–Kier alpha value is -1.99. The van der Waals surface area contributed by atoms with Crippen LogP contribution in [0.15, 0.2) is 27.4 Å². The highest BCUT2D eigenvalue weighted by Crippen LogP contribution is 2.32. The average Bonchev–Trinajstić information content (AvgIpc) is 3.17. The molecule has 0 aromatic carbocycles. The quantitative estimate of drug-likeness (QED) is 0.698. The smallest absolute Gasteiger partial charge is 0.275 e. The van der Waals surface area contributed by atoms with Gasteiger partial charge in [-0.25, -0.2) is 4.98 Å². The van der Waals surface area contributed by atoms with Crippen molar-refractivity contribution in [2.45, 2.75) is 58.5 Å². The summed E-state index contributed by atoms with van der Waals surface area (Å²) in [5.41, 5.74) is 0.708. The van der Waals surface area contributed by atoms with Crippen LogP contribution >= 0.6 is 11.3 Å². The van der Waals surface area contributed by atoms with Gasteiger partial charge in [0.15, 0.2) is 0 Å². The molecular formula is C19H24N4O2S. The molecule has 138 valence electrons. The number of furan rings is 1. The zero-order valence-corrected chi connectivity index (χ0v) is 16.1. The Kier molecular flexibility index (Phi) is 4.91. The highest BCUT2D eigenvalue weighted by Gasteiger charge is 2.26. The van der Waals surface area contributed by atoms with Crippen molar-refractivity contribution in [3.63, 3.8) is 0 Å². The maximum Gasteiger partial charge on any atom is 0.275 e. The molecule has 0 amide bonds. The molecule has 7 heteroatoms. The van der Waals surface area contributed by atoms with Crippen LogP contribution in [0.4, 0.5) is 0 Å². The van der Waals surface area contributed by atoms with Crippen molar-refractivity contribution in [2.24, 2.45) is 0 Å². The first-order chi connectivity index (χ1) is 12.6. The molecular weight excluding hydrogens is 348 g/mol. The number of likely N-dealkylation sites (tertiary alicyclic amines) is 1. The summed E-state index contributed by atoms with van der Waals surface area (Å²) in [5, 5.41) is 5.07. The second kappa shape index (κ2) is 7.32. The first kappa shape index (κ1) is 17.4. The predicted molar refractivity (Wildman–Crippen MR) is 102 cm³/mol. The van der Waals surface area contributed by atoms with E-state index in [2.05, 4.69) is 34.0 Å². The molecule has 6 nitrogen and oxygen atoms in total. The molecule has 0 N–H and O–H groups in total. The summed E-state index contributed by atoms with van der Waals surface area (Å²) >= 11 is 1.45. The van der Waals surface area contributed by atoms with Crippen LogP contribution in [0.5, 0.6) is 0 Å². The molecule has 1 saturated heterocycles. The second-order valence-electron chi connectivity index (χ2n) is 6.89. The molecule has 3 aromatic heterocycles. The topological polar surface area (TPSA) is 63.6 Å². The van der Waals surface area contributed by atoms with E-state index in [0.717, 1.165) is 41.6 Å². The van der Waals surface area contributed by atoms with Crippen LogP contribution in [-0.2, 0) is 13.0 Å². The summed E-state index contributed by atoms with van der Waals surface area (Å²) in [6, 6.07) is 6.06. The molecule has 0 saturated carbocycles. The van der Waals surface area contributed by atoms with E-state index in [-0.39, 0.29) is 11.6 Å². The van der Waals surface area contributed by atoms with Gasteiger partial charge in [-0.2, -0.15) is 9.61 Å². The fourth-order valence-electron chi connectivity index (χ4n) is 3.68. The van der Waals surface area contributed by atoms with Crippen LogP contribution in [0.3, 0.4) is 0 Å². The Balaban J connectivity index is 1.64. The minimum Gasteiger partial charge on any atom is -0.464 e. The summed E-state index contributed by atoms with van der Waals surface area (Å²) < 4.78 is 7.45. The molecule has 0 bridgehead atoms. The molecule has 0 spiro atoms. The minimum absolute atomic E-state index is 0.105. The lowest BCUT2D eigenvalue weighted by Crippen LogP contribution is -2.29. The van der Waals surface area contributed by atoms with Gasteiger partial charge in [-0.1, -0.05) is 31.1 Å². The van der Waals surface area contributed by atoms with Gasteiger partial charge in [-0.05, 0) is 38.4 Å². The SMILES string of the molecule is CCc1ccc(C2CCCCCN2Cc2cc(=O)n3nc(C)sc3n2)o1. The first-order valence-corrected chi connectivity index (χ1v) is 10.1. The lowest BCUT2D eigenvalue weighted by atomic mass is 10.1. The van der Waals surface area contributed by atoms with Gasteiger partial charge in [-0.3, -0.25) is 9.69 Å². The number of rotatable bonds is 4. The van der Waals surface area contributed by atoms with E-state index in [1.807, 2.05) is 6.92 Å². The zero-order valence-electron chi connectivity index (χ0n) is 15.3. The molecule has 0 aliphatic carbocycles. The van der Waals surface area contributed by atoms with E-state index in [9.17, 15) is 4.79 Å². The van der Waals surface area contributed by atoms with Crippen LogP contribution < -0.4 is 5.56 Å². The van der Waals surface area contributed by atoms with Crippen LogP contribution in [0.2, 0.25) is 0 Å². The van der Waals surface area contributed by atoms with Crippen LogP contribution in [0, 0.1) is 6.92 Å². The standard InChI is InChI=1S/C19H24N4O2S/c1-3-15-8-9-17(25-15)16-7-5-4-6-10-22(16)12-14-11-18(24)23-19(20-14)26-13(2)21-23/h8-9,11,16H,3-7,10,12H2,1-2H3. The summed E-state index contributed by atoms with van der Waals surface area (Å²) in [5.74, 6) is 2.07. The van der Waals surface area contributed by atoms with Crippen molar-refractivity contribution in [1.29, 1.82) is 0 Å². The lowest BCUT2D eigenvalue weighted by molar-refractivity contribution is 0.166. The van der Waals surface area contributed by atoms with Crippen molar-refractivity contribution in [3.8, 4) is 0 Å². The molecule has 4 rings (SSSR count). The molecule has 4 heterocycles. The Morgan fingerprint density at radius 1 is 1.31 bits per heavy atom. The zero-order chi connectivity index (χ0) is 18.1. The third-order valence-electron chi connectivity index (χ3n) is 4.99. The number of aromatic nitrogens is 3. The highest BCUT2D eigenvalue weighted by atomic mass is 32.1. The van der Waals surface area contributed by atoms with E-state index in [1.54, 1.807) is 6.07 Å². The molecule has 1 fully saturated rings. The van der Waals surface area contributed by atoms with Crippen molar-refractivity contribution >= 4 is 16.3 Å². The third kappa shape index (κ3) is 3.46. The summed E-state index contributed by atoms with van der Waals surface area (Å²) in [6.45, 7) is 5.66. The molecule has 1 aliphatic heterocycles. The largest absolute Gasteiger partial charge is 0.464 e. The molecule has 3 aromatic rings. The third-order valence-corrected chi connectivity index (χ3v) is 5.81. The molecule has 1 aliphatic rings. The number of aryl methyl sites for hydroxylation is 2. The van der Waals surface area contributed by atoms with Gasteiger partial charge in [0.2, 0.25) is 4.96 Å². The fraction of sp³-hybridized carbons (Fsp3) is 0.526. The van der Waals surface area contributed by atoms with E-state index >= 15 is 0 Å². The molecule has 0 radical (unpaired) electrons. The van der Waals surface area contributed by atoms with E-state index in [0.29, 0.717) is 11.5 Å². The summed E-state index contributed by atoms with van der Waals surface area (Å²) in [4.78, 5) is 20.1. The number of nitrogens with zero attached hydrogens (tertiary/aromatic N) is 4. The Bertz CT molecular complexity index is 958. The van der Waals surface area contributed by atoms with Gasteiger partial charge in [0.1, 0.15) is 16.5 Å². The molecule has 26 heavy (non-hydrogen) atoms. The van der Waals surface area contributed by atoms with E-state index in [1.165, 1.54) is 35.1 Å². The summed E-state index contributed by atoms with van der Waals surface area (Å²) in [7, 11) is 0. The van der Waals surface area contributed by atoms with E-state index < -0.39 is 0 Å². The first-order valence-electron chi connectivity index (χ1n) is 9.33. The molecule has 1 atom stereocenters. The van der Waals surface area contributed by atoms with Gasteiger partial charge in [0.25, 0.3) is 5.56 Å². The monoisotopic (exact) mass is 372 g/mol. The lowest BCUT2D eigenvalue weighted by Gasteiger charge is -2.28. The van der Waals surface area contributed by atoms with Gasteiger partial charge >= 0.3 is 0 Å². The second-order valence-corrected chi connectivity index (χ2v) is 8.05. The maximum atomic E-state index is 12.3. The average molecular weight is 372 g/mol. The summed E-state index contributed by atoms with van der Waals surface area (Å²) in [6.07, 6.45) is 5.59. The normalized spacial score (nSPS) is 19.1. The molecule has 1 unspecified atom stereocenters. The van der Waals surface area contributed by atoms with Crippen LogP contribution in [0.25, 0.3) is 4.96 Å². The van der Waals surface area contributed by atoms with Gasteiger partial charge in [-0.15, -0.1) is 0 Å². The van der Waals surface area contributed by atoms with Gasteiger partial charge in [0, 0.05) is 19.0 Å².